The first-order valence-corrected chi connectivity index (χ1v) is 24.0. The molecule has 0 radical (unpaired) electrons. The van der Waals surface area contributed by atoms with E-state index in [0.717, 1.165) is 122 Å². The van der Waals surface area contributed by atoms with E-state index in [4.69, 9.17) is 33.8 Å². The molecule has 0 bridgehead atoms. The number of furan rings is 2. The number of rotatable bonds is 8. The number of benzene rings is 10. The molecule has 0 fully saturated rings. The van der Waals surface area contributed by atoms with Crippen LogP contribution in [0.15, 0.2) is 245 Å². The van der Waals surface area contributed by atoms with Crippen molar-refractivity contribution in [3.8, 4) is 90.3 Å². The number of hydrogen-bond acceptors (Lipinski definition) is 7. The van der Waals surface area contributed by atoms with Gasteiger partial charge in [-0.25, -0.2) is 24.9 Å². The van der Waals surface area contributed by atoms with E-state index in [0.29, 0.717) is 23.3 Å². The van der Waals surface area contributed by atoms with E-state index < -0.39 is 0 Å². The summed E-state index contributed by atoms with van der Waals surface area (Å²) in [5.41, 5.74) is 14.7. The summed E-state index contributed by atoms with van der Waals surface area (Å²) in [7, 11) is 0. The van der Waals surface area contributed by atoms with Gasteiger partial charge in [-0.15, -0.1) is 0 Å². The van der Waals surface area contributed by atoms with E-state index in [1.165, 1.54) is 0 Å². The molecule has 7 heteroatoms. The van der Waals surface area contributed by atoms with Gasteiger partial charge in [-0.05, 0) is 64.5 Å². The highest BCUT2D eigenvalue weighted by Gasteiger charge is 2.18. The summed E-state index contributed by atoms with van der Waals surface area (Å²) < 4.78 is 13.0. The molecular weight excluding hydrogens is 883 g/mol. The van der Waals surface area contributed by atoms with Crippen molar-refractivity contribution >= 4 is 54.6 Å². The molecule has 0 aliphatic heterocycles. The number of para-hydroxylation sites is 2. The Balaban J connectivity index is 0.829. The molecule has 14 rings (SSSR count). The normalized spacial score (nSPS) is 11.6. The quantitative estimate of drug-likeness (QED) is 0.150. The Morgan fingerprint density at radius 2 is 0.708 bits per heavy atom. The van der Waals surface area contributed by atoms with Gasteiger partial charge in [-0.3, -0.25) is 0 Å². The van der Waals surface area contributed by atoms with Gasteiger partial charge >= 0.3 is 0 Å². The molecule has 0 aliphatic rings. The second kappa shape index (κ2) is 17.0. The van der Waals surface area contributed by atoms with Crippen molar-refractivity contribution in [1.82, 2.24) is 24.9 Å². The van der Waals surface area contributed by atoms with Crippen LogP contribution >= 0.6 is 0 Å². The molecule has 0 aliphatic carbocycles. The molecule has 0 atom stereocenters. The van der Waals surface area contributed by atoms with Crippen LogP contribution in [0.5, 0.6) is 0 Å². The Bertz CT molecular complexity index is 4390. The van der Waals surface area contributed by atoms with Gasteiger partial charge in [0, 0.05) is 65.9 Å². The summed E-state index contributed by atoms with van der Waals surface area (Å²) in [5, 5.41) is 6.57. The van der Waals surface area contributed by atoms with Crippen molar-refractivity contribution in [1.29, 1.82) is 0 Å². The lowest BCUT2D eigenvalue weighted by molar-refractivity contribution is 0.670. The average Bonchev–Trinajstić information content (AvgIpc) is 4.04. The maximum Gasteiger partial charge on any atom is 0.164 e. The van der Waals surface area contributed by atoms with Crippen LogP contribution < -0.4 is 0 Å². The van der Waals surface area contributed by atoms with Gasteiger partial charge in [-0.2, -0.15) is 0 Å². The van der Waals surface area contributed by atoms with Crippen LogP contribution in [0, 0.1) is 0 Å². The fourth-order valence-electron chi connectivity index (χ4n) is 9.94. The first-order valence-electron chi connectivity index (χ1n) is 24.0. The number of hydrogen-bond donors (Lipinski definition) is 0. The fourth-order valence-corrected chi connectivity index (χ4v) is 9.94. The summed E-state index contributed by atoms with van der Waals surface area (Å²) in [5.74, 6) is 2.37. The van der Waals surface area contributed by atoms with Crippen molar-refractivity contribution < 1.29 is 8.83 Å². The Morgan fingerprint density at radius 1 is 0.236 bits per heavy atom. The molecule has 72 heavy (non-hydrogen) atoms. The Morgan fingerprint density at radius 3 is 1.46 bits per heavy atom. The zero-order chi connectivity index (χ0) is 47.5. The molecule has 10 aromatic carbocycles. The van der Waals surface area contributed by atoms with E-state index in [1.807, 2.05) is 78.9 Å². The monoisotopic (exact) mass is 921 g/mol. The van der Waals surface area contributed by atoms with Gasteiger partial charge in [0.05, 0.1) is 11.4 Å². The summed E-state index contributed by atoms with van der Waals surface area (Å²) in [6.07, 6.45) is 0. The standard InChI is InChI=1S/C65H39N5O2/c1-3-15-43(16-4-1)62-66-56(42-30-28-41(29-31-42)51-25-13-26-54-52-24-9-10-27-58(52)71-60(51)54)39-57(67-62)47-21-11-19-45(36-47)46-20-12-22-48(37-46)64-68-63(44-17-5-2-6-18-44)69-65(70-64)49-33-34-53-55-35-32-40-14-7-8-23-50(40)61(55)72-59(53)38-49/h1-39H. The van der Waals surface area contributed by atoms with Crippen LogP contribution in [-0.4, -0.2) is 24.9 Å². The van der Waals surface area contributed by atoms with E-state index in [2.05, 4.69) is 158 Å². The minimum atomic E-state index is 0.561. The van der Waals surface area contributed by atoms with Crippen LogP contribution in [0.25, 0.3) is 145 Å². The number of nitrogens with zero attached hydrogens (tertiary/aromatic N) is 5. The van der Waals surface area contributed by atoms with Crippen molar-refractivity contribution in [2.45, 2.75) is 0 Å². The predicted molar refractivity (Wildman–Crippen MR) is 291 cm³/mol. The summed E-state index contributed by atoms with van der Waals surface area (Å²) in [4.78, 5) is 25.6. The molecule has 0 amide bonds. The van der Waals surface area contributed by atoms with Gasteiger partial charge in [0.15, 0.2) is 23.3 Å². The summed E-state index contributed by atoms with van der Waals surface area (Å²) in [6, 6.07) is 81.1. The highest BCUT2D eigenvalue weighted by atomic mass is 16.3. The van der Waals surface area contributed by atoms with Crippen molar-refractivity contribution in [3.63, 3.8) is 0 Å². The van der Waals surface area contributed by atoms with Gasteiger partial charge in [0.25, 0.3) is 0 Å². The fraction of sp³-hybridized carbons (Fsp3) is 0. The first-order chi connectivity index (χ1) is 35.6. The van der Waals surface area contributed by atoms with Crippen molar-refractivity contribution in [2.75, 3.05) is 0 Å². The van der Waals surface area contributed by atoms with E-state index >= 15 is 0 Å². The lowest BCUT2D eigenvalue weighted by Crippen LogP contribution is -2.00. The Labute approximate surface area is 413 Å². The Kier molecular flexibility index (Phi) is 9.70. The summed E-state index contributed by atoms with van der Waals surface area (Å²) in [6.45, 7) is 0. The molecule has 336 valence electrons. The second-order valence-corrected chi connectivity index (χ2v) is 18.0. The van der Waals surface area contributed by atoms with Crippen LogP contribution in [0.1, 0.15) is 0 Å². The van der Waals surface area contributed by atoms with Crippen LogP contribution in [0.4, 0.5) is 0 Å². The van der Waals surface area contributed by atoms with E-state index in [1.54, 1.807) is 0 Å². The third-order valence-electron chi connectivity index (χ3n) is 13.6. The van der Waals surface area contributed by atoms with Crippen molar-refractivity contribution in [2.24, 2.45) is 0 Å². The third kappa shape index (κ3) is 7.27. The average molecular weight is 922 g/mol. The van der Waals surface area contributed by atoms with Gasteiger partial charge in [0.1, 0.15) is 22.3 Å². The number of aromatic nitrogens is 5. The first kappa shape index (κ1) is 41.2. The molecule has 14 aromatic rings. The molecule has 0 spiro atoms. The van der Waals surface area contributed by atoms with Crippen molar-refractivity contribution in [3.05, 3.63) is 237 Å². The highest BCUT2D eigenvalue weighted by molar-refractivity contribution is 6.15. The zero-order valence-corrected chi connectivity index (χ0v) is 38.6. The third-order valence-corrected chi connectivity index (χ3v) is 13.6. The lowest BCUT2D eigenvalue weighted by Gasteiger charge is -2.12. The van der Waals surface area contributed by atoms with Gasteiger partial charge in [0.2, 0.25) is 0 Å². The minimum absolute atomic E-state index is 0.561. The maximum atomic E-state index is 6.58. The molecule has 4 aromatic heterocycles. The van der Waals surface area contributed by atoms with Crippen LogP contribution in [0.3, 0.4) is 0 Å². The second-order valence-electron chi connectivity index (χ2n) is 18.0. The molecule has 0 saturated carbocycles. The van der Waals surface area contributed by atoms with E-state index in [9.17, 15) is 0 Å². The Hall–Kier alpha value is -9.85. The smallest absolute Gasteiger partial charge is 0.164 e. The molecule has 0 saturated heterocycles. The minimum Gasteiger partial charge on any atom is -0.455 e. The van der Waals surface area contributed by atoms with Gasteiger partial charge < -0.3 is 8.83 Å². The summed E-state index contributed by atoms with van der Waals surface area (Å²) >= 11 is 0. The molecule has 4 heterocycles. The molecule has 7 nitrogen and oxygen atoms in total. The highest BCUT2D eigenvalue weighted by Crippen LogP contribution is 2.39. The maximum absolute atomic E-state index is 6.58. The number of fused-ring (bicyclic) bond motifs is 8. The largest absolute Gasteiger partial charge is 0.455 e. The van der Waals surface area contributed by atoms with Crippen LogP contribution in [0.2, 0.25) is 0 Å². The molecule has 0 unspecified atom stereocenters. The topological polar surface area (TPSA) is 90.7 Å². The molecular formula is C65H39N5O2. The lowest BCUT2D eigenvalue weighted by atomic mass is 9.98. The van der Waals surface area contributed by atoms with Gasteiger partial charge in [-0.1, -0.05) is 194 Å². The predicted octanol–water partition coefficient (Wildman–Crippen LogP) is 16.9. The van der Waals surface area contributed by atoms with E-state index in [-0.39, 0.29) is 0 Å². The molecule has 0 N–H and O–H groups in total. The zero-order valence-electron chi connectivity index (χ0n) is 38.6. The van der Waals surface area contributed by atoms with Crippen LogP contribution in [-0.2, 0) is 0 Å². The SMILES string of the molecule is c1ccc(-c2nc(-c3ccc(-c4cccc5c4oc4ccccc45)cc3)cc(-c3cccc(-c4cccc(-c5nc(-c6ccccc6)nc(-c6ccc7c(c6)oc6c8ccccc8ccc76)n5)c4)c3)n2)cc1.